The first-order valence-corrected chi connectivity index (χ1v) is 8.89. The number of carbonyl (C=O) groups excluding carboxylic acids is 1. The number of hydrogen-bond acceptors (Lipinski definition) is 3. The quantitative estimate of drug-likeness (QED) is 0.917. The number of carbonyl (C=O) groups is 1. The third-order valence-electron chi connectivity index (χ3n) is 4.28. The van der Waals surface area contributed by atoms with Crippen LogP contribution in [0.3, 0.4) is 0 Å². The van der Waals surface area contributed by atoms with Crippen LogP contribution in [-0.4, -0.2) is 24.7 Å². The molecular formula is C17H17FN2O3S. The van der Waals surface area contributed by atoms with E-state index in [1.165, 1.54) is 12.1 Å². The van der Waals surface area contributed by atoms with Crippen molar-refractivity contribution in [2.45, 2.75) is 30.8 Å². The molecule has 2 N–H and O–H groups in total. The first-order chi connectivity index (χ1) is 11.3. The van der Waals surface area contributed by atoms with Crippen LogP contribution in [0.2, 0.25) is 0 Å². The molecule has 1 aliphatic rings. The molecule has 0 aromatic heterocycles. The number of halogens is 1. The number of nitrogens with zero attached hydrogens (tertiary/aromatic N) is 1. The summed E-state index contributed by atoms with van der Waals surface area (Å²) in [5.74, 6) is -1.33. The Bertz CT molecular complexity index is 912. The molecule has 2 aromatic rings. The van der Waals surface area contributed by atoms with Crippen molar-refractivity contribution in [2.75, 3.05) is 0 Å². The Hall–Kier alpha value is -2.25. The molecule has 1 atom stereocenters. The van der Waals surface area contributed by atoms with E-state index >= 15 is 0 Å². The van der Waals surface area contributed by atoms with Gasteiger partial charge in [-0.2, -0.15) is 4.31 Å². The van der Waals surface area contributed by atoms with Gasteiger partial charge in [-0.25, -0.2) is 12.8 Å². The maximum Gasteiger partial charge on any atom is 0.244 e. The molecule has 0 bridgehead atoms. The van der Waals surface area contributed by atoms with Gasteiger partial charge in [0.15, 0.2) is 0 Å². The summed E-state index contributed by atoms with van der Waals surface area (Å²) in [6.45, 7) is 1.58. The van der Waals surface area contributed by atoms with Crippen LogP contribution in [-0.2, 0) is 27.8 Å². The first-order valence-electron chi connectivity index (χ1n) is 7.45. The Balaban J connectivity index is 2.07. The molecule has 0 spiro atoms. The number of rotatable bonds is 3. The fourth-order valence-corrected chi connectivity index (χ4v) is 4.45. The SMILES string of the molecule is Cc1ccc(S(=O)(=O)N2Cc3ccccc3C[C@@H]2C(N)=O)cc1F. The summed E-state index contributed by atoms with van der Waals surface area (Å²) < 4.78 is 40.7. The molecule has 126 valence electrons. The minimum Gasteiger partial charge on any atom is -0.368 e. The van der Waals surface area contributed by atoms with E-state index in [-0.39, 0.29) is 17.9 Å². The van der Waals surface area contributed by atoms with E-state index in [4.69, 9.17) is 5.73 Å². The summed E-state index contributed by atoms with van der Waals surface area (Å²) >= 11 is 0. The zero-order chi connectivity index (χ0) is 17.5. The monoisotopic (exact) mass is 348 g/mol. The number of benzene rings is 2. The van der Waals surface area contributed by atoms with Gasteiger partial charge >= 0.3 is 0 Å². The van der Waals surface area contributed by atoms with Gasteiger partial charge in [-0.1, -0.05) is 30.3 Å². The molecule has 1 amide bonds. The Labute approximate surface area is 139 Å². The lowest BCUT2D eigenvalue weighted by Crippen LogP contribution is -2.51. The van der Waals surface area contributed by atoms with Gasteiger partial charge in [-0.05, 0) is 42.2 Å². The van der Waals surface area contributed by atoms with Crippen molar-refractivity contribution in [2.24, 2.45) is 5.73 Å². The van der Waals surface area contributed by atoms with Gasteiger partial charge in [-0.15, -0.1) is 0 Å². The third-order valence-corrected chi connectivity index (χ3v) is 6.13. The van der Waals surface area contributed by atoms with Crippen molar-refractivity contribution in [1.82, 2.24) is 4.31 Å². The van der Waals surface area contributed by atoms with Gasteiger partial charge in [-0.3, -0.25) is 4.79 Å². The summed E-state index contributed by atoms with van der Waals surface area (Å²) in [7, 11) is -4.05. The molecule has 0 fully saturated rings. The highest BCUT2D eigenvalue weighted by molar-refractivity contribution is 7.89. The van der Waals surface area contributed by atoms with Crippen LogP contribution in [0.1, 0.15) is 16.7 Å². The van der Waals surface area contributed by atoms with Gasteiger partial charge in [0.05, 0.1) is 4.90 Å². The van der Waals surface area contributed by atoms with Crippen LogP contribution in [0.25, 0.3) is 0 Å². The number of amides is 1. The second-order valence-electron chi connectivity index (χ2n) is 5.85. The zero-order valence-corrected chi connectivity index (χ0v) is 13.9. The molecule has 5 nitrogen and oxygen atoms in total. The fraction of sp³-hybridized carbons (Fsp3) is 0.235. The summed E-state index contributed by atoms with van der Waals surface area (Å²) in [6, 6.07) is 10.0. The molecule has 0 saturated heterocycles. The lowest BCUT2D eigenvalue weighted by atomic mass is 9.96. The molecule has 0 unspecified atom stereocenters. The molecular weight excluding hydrogens is 331 g/mol. The van der Waals surface area contributed by atoms with E-state index in [0.717, 1.165) is 21.5 Å². The Kier molecular flexibility index (Phi) is 4.15. The molecule has 0 aliphatic carbocycles. The summed E-state index contributed by atoms with van der Waals surface area (Å²) in [5.41, 5.74) is 7.48. The first kappa shape index (κ1) is 16.6. The van der Waals surface area contributed by atoms with Gasteiger partial charge in [0.25, 0.3) is 0 Å². The average Bonchev–Trinajstić information content (AvgIpc) is 2.56. The van der Waals surface area contributed by atoms with E-state index < -0.39 is 27.8 Å². The number of sulfonamides is 1. The van der Waals surface area contributed by atoms with E-state index in [1.54, 1.807) is 13.0 Å². The van der Waals surface area contributed by atoms with Crippen LogP contribution < -0.4 is 5.73 Å². The lowest BCUT2D eigenvalue weighted by Gasteiger charge is -2.34. The second-order valence-corrected chi connectivity index (χ2v) is 7.74. The van der Waals surface area contributed by atoms with Crippen LogP contribution in [0.15, 0.2) is 47.4 Å². The maximum absolute atomic E-state index is 13.8. The lowest BCUT2D eigenvalue weighted by molar-refractivity contribution is -0.122. The Morgan fingerprint density at radius 2 is 1.88 bits per heavy atom. The van der Waals surface area contributed by atoms with Crippen LogP contribution in [0.4, 0.5) is 4.39 Å². The average molecular weight is 348 g/mol. The van der Waals surface area contributed by atoms with Crippen molar-refractivity contribution >= 4 is 15.9 Å². The standard InChI is InChI=1S/C17H17FN2O3S/c1-11-6-7-14(9-15(11)18)24(22,23)20-10-13-5-3-2-4-12(13)8-16(20)17(19)21/h2-7,9,16H,8,10H2,1H3,(H2,19,21)/t16-/m1/s1. The van der Waals surface area contributed by atoms with E-state index in [1.807, 2.05) is 18.2 Å². The molecule has 1 heterocycles. The van der Waals surface area contributed by atoms with Crippen LogP contribution in [0.5, 0.6) is 0 Å². The van der Waals surface area contributed by atoms with Crippen LogP contribution in [0, 0.1) is 12.7 Å². The van der Waals surface area contributed by atoms with E-state index in [0.29, 0.717) is 5.56 Å². The number of nitrogens with two attached hydrogens (primary N) is 1. The largest absolute Gasteiger partial charge is 0.368 e. The molecule has 3 rings (SSSR count). The normalized spacial score (nSPS) is 18.2. The minimum atomic E-state index is -4.05. The number of hydrogen-bond donors (Lipinski definition) is 1. The van der Waals surface area contributed by atoms with Gasteiger partial charge in [0.1, 0.15) is 11.9 Å². The van der Waals surface area contributed by atoms with Crippen molar-refractivity contribution < 1.29 is 17.6 Å². The van der Waals surface area contributed by atoms with Gasteiger partial charge < -0.3 is 5.73 Å². The zero-order valence-electron chi connectivity index (χ0n) is 13.1. The van der Waals surface area contributed by atoms with Crippen LogP contribution >= 0.6 is 0 Å². The highest BCUT2D eigenvalue weighted by atomic mass is 32.2. The van der Waals surface area contributed by atoms with Crippen molar-refractivity contribution in [3.05, 3.63) is 65.0 Å². The summed E-state index contributed by atoms with van der Waals surface area (Å²) in [5, 5.41) is 0. The Morgan fingerprint density at radius 1 is 1.21 bits per heavy atom. The number of fused-ring (bicyclic) bond motifs is 1. The smallest absolute Gasteiger partial charge is 0.244 e. The second kappa shape index (κ2) is 5.99. The van der Waals surface area contributed by atoms with Gasteiger partial charge in [0.2, 0.25) is 15.9 Å². The summed E-state index contributed by atoms with van der Waals surface area (Å²) in [6.07, 6.45) is 0.207. The van der Waals surface area contributed by atoms with E-state index in [9.17, 15) is 17.6 Å². The molecule has 24 heavy (non-hydrogen) atoms. The third kappa shape index (κ3) is 2.81. The minimum absolute atomic E-state index is 0.0294. The highest BCUT2D eigenvalue weighted by Gasteiger charge is 2.38. The fourth-order valence-electron chi connectivity index (χ4n) is 2.86. The van der Waals surface area contributed by atoms with Crippen molar-refractivity contribution in [3.63, 3.8) is 0 Å². The van der Waals surface area contributed by atoms with Crippen molar-refractivity contribution in [1.29, 1.82) is 0 Å². The van der Waals surface area contributed by atoms with E-state index in [2.05, 4.69) is 0 Å². The molecule has 0 radical (unpaired) electrons. The van der Waals surface area contributed by atoms with Crippen molar-refractivity contribution in [3.8, 4) is 0 Å². The number of aryl methyl sites for hydroxylation is 1. The number of primary amides is 1. The molecule has 0 saturated carbocycles. The molecule has 1 aliphatic heterocycles. The molecule has 2 aromatic carbocycles. The predicted molar refractivity (Wildman–Crippen MR) is 87.0 cm³/mol. The summed E-state index contributed by atoms with van der Waals surface area (Å²) in [4.78, 5) is 11.6. The van der Waals surface area contributed by atoms with Gasteiger partial charge in [0, 0.05) is 6.54 Å². The maximum atomic E-state index is 13.8. The Morgan fingerprint density at radius 3 is 2.50 bits per heavy atom. The predicted octanol–water partition coefficient (Wildman–Crippen LogP) is 1.74. The highest BCUT2D eigenvalue weighted by Crippen LogP contribution is 2.29. The topological polar surface area (TPSA) is 80.5 Å². The molecule has 7 heteroatoms.